The number of nitrogens with one attached hydrogen (secondary N) is 1. The first-order valence-corrected chi connectivity index (χ1v) is 8.56. The van der Waals surface area contributed by atoms with Gasteiger partial charge in [0.15, 0.2) is 5.01 Å². The number of halogens is 3. The van der Waals surface area contributed by atoms with E-state index in [9.17, 15) is 18.4 Å². The van der Waals surface area contributed by atoms with Crippen LogP contribution in [0.1, 0.15) is 17.9 Å². The summed E-state index contributed by atoms with van der Waals surface area (Å²) < 4.78 is 25.8. The molecule has 1 fully saturated rings. The van der Waals surface area contributed by atoms with Crippen LogP contribution in [-0.4, -0.2) is 28.6 Å². The SMILES string of the molecule is O=C(Nc1nnc(C(F)F)s1)C1CCN(c2cccc(Br)c2)C1=O. The van der Waals surface area contributed by atoms with Gasteiger partial charge in [-0.1, -0.05) is 33.3 Å². The topological polar surface area (TPSA) is 75.2 Å². The molecule has 6 nitrogen and oxygen atoms in total. The van der Waals surface area contributed by atoms with Crippen LogP contribution in [0, 0.1) is 5.92 Å². The van der Waals surface area contributed by atoms with E-state index in [4.69, 9.17) is 0 Å². The predicted octanol–water partition coefficient (Wildman–Crippen LogP) is 3.23. The van der Waals surface area contributed by atoms with Crippen LogP contribution in [0.2, 0.25) is 0 Å². The fourth-order valence-electron chi connectivity index (χ4n) is 2.39. The maximum absolute atomic E-state index is 12.5. The molecule has 1 atom stereocenters. The molecule has 2 amide bonds. The third kappa shape index (κ3) is 3.44. The summed E-state index contributed by atoms with van der Waals surface area (Å²) in [5.74, 6) is -1.76. The number of benzene rings is 1. The van der Waals surface area contributed by atoms with Crippen LogP contribution in [0.25, 0.3) is 0 Å². The zero-order valence-corrected chi connectivity index (χ0v) is 14.5. The van der Waals surface area contributed by atoms with E-state index >= 15 is 0 Å². The number of hydrogen-bond acceptors (Lipinski definition) is 5. The van der Waals surface area contributed by atoms with Crippen molar-refractivity contribution < 1.29 is 18.4 Å². The molecule has 1 aliphatic rings. The minimum absolute atomic E-state index is 0.0380. The molecule has 126 valence electrons. The Labute approximate surface area is 148 Å². The highest BCUT2D eigenvalue weighted by atomic mass is 79.9. The Kier molecular flexibility index (Phi) is 4.86. The normalized spacial score (nSPS) is 17.6. The summed E-state index contributed by atoms with van der Waals surface area (Å²) in [5.41, 5.74) is 0.695. The molecule has 3 rings (SSSR count). The highest BCUT2D eigenvalue weighted by Gasteiger charge is 2.38. The highest BCUT2D eigenvalue weighted by Crippen LogP contribution is 2.29. The number of carbonyl (C=O) groups excluding carboxylic acids is 2. The summed E-state index contributed by atoms with van der Waals surface area (Å²) in [6, 6.07) is 7.21. The molecular formula is C14H11BrF2N4O2S. The summed E-state index contributed by atoms with van der Waals surface area (Å²) in [6.07, 6.45) is -2.40. The van der Waals surface area contributed by atoms with Crippen LogP contribution in [0.4, 0.5) is 19.6 Å². The quantitative estimate of drug-likeness (QED) is 0.776. The van der Waals surface area contributed by atoms with Gasteiger partial charge in [0.1, 0.15) is 5.92 Å². The van der Waals surface area contributed by atoms with Crippen molar-refractivity contribution in [1.82, 2.24) is 10.2 Å². The molecule has 0 aliphatic carbocycles. The lowest BCUT2D eigenvalue weighted by molar-refractivity contribution is -0.129. The van der Waals surface area contributed by atoms with E-state index < -0.39 is 23.3 Å². The number of hydrogen-bond donors (Lipinski definition) is 1. The van der Waals surface area contributed by atoms with Gasteiger partial charge in [0.2, 0.25) is 16.9 Å². The van der Waals surface area contributed by atoms with Crippen LogP contribution in [0.3, 0.4) is 0 Å². The van der Waals surface area contributed by atoms with E-state index in [1.54, 1.807) is 18.2 Å². The lowest BCUT2D eigenvalue weighted by Gasteiger charge is -2.16. The maximum atomic E-state index is 12.5. The van der Waals surface area contributed by atoms with Crippen molar-refractivity contribution in [3.8, 4) is 0 Å². The third-order valence-corrected chi connectivity index (χ3v) is 4.84. The van der Waals surface area contributed by atoms with E-state index in [-0.39, 0.29) is 11.0 Å². The Morgan fingerprint density at radius 1 is 1.42 bits per heavy atom. The van der Waals surface area contributed by atoms with Crippen LogP contribution in [0.15, 0.2) is 28.7 Å². The number of aromatic nitrogens is 2. The second-order valence-corrected chi connectivity index (χ2v) is 6.97. The van der Waals surface area contributed by atoms with Crippen molar-refractivity contribution in [1.29, 1.82) is 0 Å². The van der Waals surface area contributed by atoms with E-state index in [1.807, 2.05) is 6.07 Å². The Morgan fingerprint density at radius 2 is 2.21 bits per heavy atom. The number of carbonyl (C=O) groups is 2. The summed E-state index contributed by atoms with van der Waals surface area (Å²) in [6.45, 7) is 0.409. The van der Waals surface area contributed by atoms with Gasteiger partial charge >= 0.3 is 0 Å². The predicted molar refractivity (Wildman–Crippen MR) is 88.1 cm³/mol. The molecule has 0 bridgehead atoms. The molecule has 2 heterocycles. The zero-order chi connectivity index (χ0) is 17.3. The second kappa shape index (κ2) is 6.89. The Morgan fingerprint density at radius 3 is 2.88 bits per heavy atom. The monoisotopic (exact) mass is 416 g/mol. The number of rotatable bonds is 4. The zero-order valence-electron chi connectivity index (χ0n) is 12.1. The summed E-state index contributed by atoms with van der Waals surface area (Å²) in [7, 11) is 0. The molecule has 1 aromatic heterocycles. The van der Waals surface area contributed by atoms with Crippen molar-refractivity contribution in [3.05, 3.63) is 33.7 Å². The minimum atomic E-state index is -2.74. The fraction of sp³-hybridized carbons (Fsp3) is 0.286. The molecular weight excluding hydrogens is 406 g/mol. The van der Waals surface area contributed by atoms with Crippen LogP contribution in [0.5, 0.6) is 0 Å². The van der Waals surface area contributed by atoms with Gasteiger partial charge in [-0.2, -0.15) is 0 Å². The Hall–Kier alpha value is -1.94. The maximum Gasteiger partial charge on any atom is 0.291 e. The van der Waals surface area contributed by atoms with Gasteiger partial charge in [-0.05, 0) is 24.6 Å². The molecule has 1 unspecified atom stereocenters. The highest BCUT2D eigenvalue weighted by molar-refractivity contribution is 9.10. The lowest BCUT2D eigenvalue weighted by atomic mass is 10.1. The molecule has 1 aliphatic heterocycles. The van der Waals surface area contributed by atoms with Crippen LogP contribution >= 0.6 is 27.3 Å². The molecule has 1 aromatic carbocycles. The molecule has 0 saturated carbocycles. The number of alkyl halides is 2. The van der Waals surface area contributed by atoms with Crippen LogP contribution in [-0.2, 0) is 9.59 Å². The molecule has 1 N–H and O–H groups in total. The van der Waals surface area contributed by atoms with Crippen molar-refractivity contribution in [3.63, 3.8) is 0 Å². The second-order valence-electron chi connectivity index (χ2n) is 5.05. The molecule has 0 radical (unpaired) electrons. The summed E-state index contributed by atoms with van der Waals surface area (Å²) >= 11 is 3.93. The molecule has 10 heteroatoms. The van der Waals surface area contributed by atoms with Gasteiger partial charge in [-0.15, -0.1) is 10.2 Å². The van der Waals surface area contributed by atoms with Gasteiger partial charge in [-0.3, -0.25) is 14.9 Å². The van der Waals surface area contributed by atoms with E-state index in [1.165, 1.54) is 4.90 Å². The standard InChI is InChI=1S/C14H11BrF2N4O2S/c15-7-2-1-3-8(6-7)21-5-4-9(13(21)23)11(22)18-14-20-19-12(24-14)10(16)17/h1-3,6,9-10H,4-5H2,(H,18,20,22). The number of amides is 2. The van der Waals surface area contributed by atoms with Crippen molar-refractivity contribution in [2.75, 3.05) is 16.8 Å². The fourth-order valence-corrected chi connectivity index (χ4v) is 3.38. The largest absolute Gasteiger partial charge is 0.312 e. The lowest BCUT2D eigenvalue weighted by Crippen LogP contribution is -2.33. The van der Waals surface area contributed by atoms with E-state index in [2.05, 4.69) is 31.4 Å². The smallest absolute Gasteiger partial charge is 0.291 e. The van der Waals surface area contributed by atoms with Crippen LogP contribution < -0.4 is 10.2 Å². The van der Waals surface area contributed by atoms with Gasteiger partial charge in [-0.25, -0.2) is 8.78 Å². The molecule has 2 aromatic rings. The van der Waals surface area contributed by atoms with Gasteiger partial charge in [0.05, 0.1) is 0 Å². The molecule has 24 heavy (non-hydrogen) atoms. The third-order valence-electron chi connectivity index (χ3n) is 3.50. The Balaban J connectivity index is 1.69. The first-order valence-electron chi connectivity index (χ1n) is 6.95. The summed E-state index contributed by atoms with van der Waals surface area (Å²) in [4.78, 5) is 26.2. The van der Waals surface area contributed by atoms with Gasteiger partial charge in [0.25, 0.3) is 6.43 Å². The number of anilines is 2. The molecule has 1 saturated heterocycles. The van der Waals surface area contributed by atoms with Gasteiger partial charge < -0.3 is 4.90 Å². The van der Waals surface area contributed by atoms with Crippen molar-refractivity contribution in [2.45, 2.75) is 12.8 Å². The van der Waals surface area contributed by atoms with Gasteiger partial charge in [0, 0.05) is 16.7 Å². The average molecular weight is 417 g/mol. The van der Waals surface area contributed by atoms with E-state index in [0.717, 1.165) is 4.47 Å². The van der Waals surface area contributed by atoms with Crippen molar-refractivity contribution in [2.24, 2.45) is 5.92 Å². The number of nitrogens with zero attached hydrogens (tertiary/aromatic N) is 3. The van der Waals surface area contributed by atoms with Crippen molar-refractivity contribution >= 4 is 49.9 Å². The summed E-state index contributed by atoms with van der Waals surface area (Å²) in [5, 5.41) is 8.66. The minimum Gasteiger partial charge on any atom is -0.312 e. The average Bonchev–Trinajstić information content (AvgIpc) is 3.14. The first kappa shape index (κ1) is 16.9. The Bertz CT molecular complexity index is 786. The first-order chi connectivity index (χ1) is 11.5. The molecule has 0 spiro atoms. The van der Waals surface area contributed by atoms with E-state index in [0.29, 0.717) is 30.0 Å².